The van der Waals surface area contributed by atoms with Gasteiger partial charge in [0.05, 0.1) is 15.6 Å². The first-order valence-electron chi connectivity index (χ1n) is 4.96. The third-order valence-electron chi connectivity index (χ3n) is 2.15. The second-order valence-electron chi connectivity index (χ2n) is 3.42. The molecule has 0 aromatic heterocycles. The summed E-state index contributed by atoms with van der Waals surface area (Å²) in [6.45, 7) is 1.61. The van der Waals surface area contributed by atoms with Crippen LogP contribution in [-0.2, 0) is 11.4 Å². The fourth-order valence-corrected chi connectivity index (χ4v) is 2.72. The van der Waals surface area contributed by atoms with Crippen LogP contribution in [0.15, 0.2) is 21.1 Å². The summed E-state index contributed by atoms with van der Waals surface area (Å²) in [6.07, 6.45) is -0.590. The molecule has 0 saturated heterocycles. The van der Waals surface area contributed by atoms with E-state index in [4.69, 9.17) is 9.84 Å². The number of hydrogen-bond donors (Lipinski definition) is 2. The molecule has 1 aromatic carbocycles. The van der Waals surface area contributed by atoms with Gasteiger partial charge in [0.25, 0.3) is 5.91 Å². The molecule has 0 aliphatic carbocycles. The lowest BCUT2D eigenvalue weighted by Crippen LogP contribution is -2.33. The molecule has 1 amide bonds. The molecule has 0 heterocycles. The van der Waals surface area contributed by atoms with Gasteiger partial charge in [-0.15, -0.1) is 0 Å². The average Bonchev–Trinajstić information content (AvgIpc) is 2.31. The first kappa shape index (κ1) is 14.5. The summed E-state index contributed by atoms with van der Waals surface area (Å²) in [4.78, 5) is 11.4. The minimum Gasteiger partial charge on any atom is -0.479 e. The zero-order chi connectivity index (χ0) is 13.0. The number of benzene rings is 1. The Kier molecular flexibility index (Phi) is 5.42. The minimum absolute atomic E-state index is 0.0531. The Morgan fingerprint density at radius 2 is 2.00 bits per heavy atom. The summed E-state index contributed by atoms with van der Waals surface area (Å²) < 4.78 is 6.91. The van der Waals surface area contributed by atoms with Gasteiger partial charge >= 0.3 is 0 Å². The van der Waals surface area contributed by atoms with E-state index in [2.05, 4.69) is 37.2 Å². The zero-order valence-electron chi connectivity index (χ0n) is 9.46. The number of nitrogens with one attached hydrogen (secondary N) is 1. The molecule has 1 unspecified atom stereocenters. The summed E-state index contributed by atoms with van der Waals surface area (Å²) in [5.41, 5.74) is 0.753. The molecule has 94 valence electrons. The molecule has 0 radical (unpaired) electrons. The van der Waals surface area contributed by atoms with E-state index in [0.717, 1.165) is 5.56 Å². The molecule has 4 nitrogen and oxygen atoms in total. The fraction of sp³-hybridized carbons (Fsp3) is 0.364. The first-order chi connectivity index (χ1) is 7.99. The van der Waals surface area contributed by atoms with Gasteiger partial charge in [-0.3, -0.25) is 4.79 Å². The quantitative estimate of drug-likeness (QED) is 0.858. The summed E-state index contributed by atoms with van der Waals surface area (Å²) >= 11 is 6.68. The van der Waals surface area contributed by atoms with Crippen LogP contribution in [0.4, 0.5) is 0 Å². The maximum Gasteiger partial charge on any atom is 0.260 e. The Bertz CT molecular complexity index is 400. The van der Waals surface area contributed by atoms with E-state index in [0.29, 0.717) is 14.7 Å². The maximum absolute atomic E-state index is 11.4. The highest BCUT2D eigenvalue weighted by atomic mass is 79.9. The Hall–Kier alpha value is -0.590. The van der Waals surface area contributed by atoms with Crippen LogP contribution in [0.1, 0.15) is 12.5 Å². The van der Waals surface area contributed by atoms with Crippen molar-refractivity contribution in [3.8, 4) is 5.75 Å². The van der Waals surface area contributed by atoms with Crippen molar-refractivity contribution in [2.75, 3.05) is 7.05 Å². The van der Waals surface area contributed by atoms with Crippen LogP contribution in [0, 0.1) is 0 Å². The van der Waals surface area contributed by atoms with Gasteiger partial charge in [0.15, 0.2) is 6.10 Å². The second kappa shape index (κ2) is 6.37. The molecule has 1 atom stereocenters. The van der Waals surface area contributed by atoms with Gasteiger partial charge in [0.2, 0.25) is 0 Å². The third kappa shape index (κ3) is 3.69. The van der Waals surface area contributed by atoms with E-state index in [1.807, 2.05) is 0 Å². The highest BCUT2D eigenvalue weighted by Gasteiger charge is 2.17. The van der Waals surface area contributed by atoms with Crippen LogP contribution in [0.5, 0.6) is 5.75 Å². The van der Waals surface area contributed by atoms with Gasteiger partial charge in [0.1, 0.15) is 5.75 Å². The number of aliphatic hydroxyl groups is 1. The van der Waals surface area contributed by atoms with Crippen molar-refractivity contribution in [2.24, 2.45) is 0 Å². The van der Waals surface area contributed by atoms with Gasteiger partial charge in [-0.2, -0.15) is 0 Å². The SMILES string of the molecule is CNC(=O)C(C)Oc1c(Br)cc(CO)cc1Br. The zero-order valence-corrected chi connectivity index (χ0v) is 12.6. The lowest BCUT2D eigenvalue weighted by atomic mass is 10.2. The normalized spacial score (nSPS) is 12.1. The number of hydrogen-bond acceptors (Lipinski definition) is 3. The highest BCUT2D eigenvalue weighted by Crippen LogP contribution is 2.35. The number of aliphatic hydroxyl groups excluding tert-OH is 1. The molecular weight excluding hydrogens is 354 g/mol. The van der Waals surface area contributed by atoms with E-state index in [9.17, 15) is 4.79 Å². The van der Waals surface area contributed by atoms with E-state index in [1.54, 1.807) is 26.1 Å². The first-order valence-corrected chi connectivity index (χ1v) is 6.55. The predicted molar refractivity (Wildman–Crippen MR) is 71.9 cm³/mol. The fourth-order valence-electron chi connectivity index (χ4n) is 1.25. The van der Waals surface area contributed by atoms with Crippen molar-refractivity contribution in [3.05, 3.63) is 26.6 Å². The van der Waals surface area contributed by atoms with Crippen LogP contribution in [-0.4, -0.2) is 24.2 Å². The van der Waals surface area contributed by atoms with Crippen molar-refractivity contribution in [1.82, 2.24) is 5.32 Å². The molecule has 0 fully saturated rings. The molecular formula is C11H13Br2NO3. The molecule has 0 aliphatic heterocycles. The number of ether oxygens (including phenoxy) is 1. The van der Waals surface area contributed by atoms with Gasteiger partial charge in [-0.1, -0.05) is 0 Å². The summed E-state index contributed by atoms with van der Waals surface area (Å²) in [5.74, 6) is 0.341. The summed E-state index contributed by atoms with van der Waals surface area (Å²) in [7, 11) is 1.56. The maximum atomic E-state index is 11.4. The molecule has 17 heavy (non-hydrogen) atoms. The number of carbonyl (C=O) groups excluding carboxylic acids is 1. The lowest BCUT2D eigenvalue weighted by Gasteiger charge is -2.16. The van der Waals surface area contributed by atoms with Crippen molar-refractivity contribution in [1.29, 1.82) is 0 Å². The number of carbonyl (C=O) groups is 1. The van der Waals surface area contributed by atoms with Gasteiger partial charge in [-0.05, 0) is 56.5 Å². The van der Waals surface area contributed by atoms with Gasteiger partial charge < -0.3 is 15.2 Å². The van der Waals surface area contributed by atoms with Crippen LogP contribution in [0.3, 0.4) is 0 Å². The number of amides is 1. The topological polar surface area (TPSA) is 58.6 Å². The largest absolute Gasteiger partial charge is 0.479 e. The van der Waals surface area contributed by atoms with E-state index in [1.165, 1.54) is 0 Å². The third-order valence-corrected chi connectivity index (χ3v) is 3.33. The lowest BCUT2D eigenvalue weighted by molar-refractivity contribution is -0.126. The van der Waals surface area contributed by atoms with Gasteiger partial charge in [0, 0.05) is 7.05 Å². The van der Waals surface area contributed by atoms with E-state index in [-0.39, 0.29) is 12.5 Å². The minimum atomic E-state index is -0.590. The van der Waals surface area contributed by atoms with Crippen molar-refractivity contribution < 1.29 is 14.6 Å². The van der Waals surface area contributed by atoms with E-state index < -0.39 is 6.10 Å². The molecule has 0 saturated carbocycles. The number of likely N-dealkylation sites (N-methyl/N-ethyl adjacent to an activating group) is 1. The molecule has 6 heteroatoms. The summed E-state index contributed by atoms with van der Waals surface area (Å²) in [5, 5.41) is 11.6. The van der Waals surface area contributed by atoms with Crippen molar-refractivity contribution in [2.45, 2.75) is 19.6 Å². The Balaban J connectivity index is 2.95. The molecule has 0 bridgehead atoms. The molecule has 0 aliphatic rings. The highest BCUT2D eigenvalue weighted by molar-refractivity contribution is 9.11. The van der Waals surface area contributed by atoms with Crippen LogP contribution in [0.2, 0.25) is 0 Å². The van der Waals surface area contributed by atoms with Crippen LogP contribution in [0.25, 0.3) is 0 Å². The standard InChI is InChI=1S/C11H13Br2NO3/c1-6(11(16)14-2)17-10-8(12)3-7(5-15)4-9(10)13/h3-4,6,15H,5H2,1-2H3,(H,14,16). The van der Waals surface area contributed by atoms with Crippen LogP contribution >= 0.6 is 31.9 Å². The second-order valence-corrected chi connectivity index (χ2v) is 5.13. The number of rotatable bonds is 4. The molecule has 1 aromatic rings. The van der Waals surface area contributed by atoms with E-state index >= 15 is 0 Å². The van der Waals surface area contributed by atoms with Crippen LogP contribution < -0.4 is 10.1 Å². The molecule has 0 spiro atoms. The monoisotopic (exact) mass is 365 g/mol. The predicted octanol–water partition coefficient (Wildman–Crippen LogP) is 2.22. The average molecular weight is 367 g/mol. The Morgan fingerprint density at radius 3 is 2.41 bits per heavy atom. The smallest absolute Gasteiger partial charge is 0.260 e. The summed E-state index contributed by atoms with van der Waals surface area (Å²) in [6, 6.07) is 3.49. The van der Waals surface area contributed by atoms with Crippen molar-refractivity contribution >= 4 is 37.8 Å². The Labute approximate surface area is 117 Å². The van der Waals surface area contributed by atoms with Gasteiger partial charge in [-0.25, -0.2) is 0 Å². The Morgan fingerprint density at radius 1 is 1.47 bits per heavy atom. The molecule has 1 rings (SSSR count). The number of halogens is 2. The van der Waals surface area contributed by atoms with Crippen molar-refractivity contribution in [3.63, 3.8) is 0 Å². The molecule has 2 N–H and O–H groups in total.